The Morgan fingerprint density at radius 2 is 1.74 bits per heavy atom. The van der Waals surface area contributed by atoms with Crippen LogP contribution in [0.25, 0.3) is 0 Å². The van der Waals surface area contributed by atoms with Crippen molar-refractivity contribution >= 4 is 29.3 Å². The number of hydrogen-bond acceptors (Lipinski definition) is 4. The molecule has 0 radical (unpaired) electrons. The Balaban J connectivity index is 2.09. The Labute approximate surface area is 109 Å². The van der Waals surface area contributed by atoms with Crippen LogP contribution in [0.3, 0.4) is 0 Å². The molecular weight excluding hydrogens is 248 g/mol. The van der Waals surface area contributed by atoms with Crippen molar-refractivity contribution in [2.75, 3.05) is 16.8 Å². The van der Waals surface area contributed by atoms with Gasteiger partial charge in [0.1, 0.15) is 0 Å². The minimum absolute atomic E-state index is 0.284. The van der Waals surface area contributed by atoms with Crippen LogP contribution in [-0.4, -0.2) is 24.5 Å². The molecule has 2 rings (SSSR count). The smallest absolute Gasteiger partial charge is 0.411 e. The van der Waals surface area contributed by atoms with Gasteiger partial charge in [-0.05, 0) is 31.2 Å². The molecule has 1 aliphatic heterocycles. The number of carbonyl (C=O) groups is 3. The van der Waals surface area contributed by atoms with E-state index in [1.165, 1.54) is 12.2 Å². The van der Waals surface area contributed by atoms with Crippen LogP contribution < -0.4 is 10.2 Å². The summed E-state index contributed by atoms with van der Waals surface area (Å²) in [5.74, 6) is -0.757. The summed E-state index contributed by atoms with van der Waals surface area (Å²) in [5, 5.41) is 2.52. The topological polar surface area (TPSA) is 75.7 Å². The number of nitrogens with one attached hydrogen (secondary N) is 1. The lowest BCUT2D eigenvalue weighted by atomic mass is 10.2. The van der Waals surface area contributed by atoms with Crippen molar-refractivity contribution in [3.8, 4) is 0 Å². The summed E-state index contributed by atoms with van der Waals surface area (Å²) in [6, 6.07) is 6.32. The largest absolute Gasteiger partial charge is 0.450 e. The molecular formula is C13H12N2O4. The summed E-state index contributed by atoms with van der Waals surface area (Å²) < 4.78 is 4.73. The van der Waals surface area contributed by atoms with E-state index in [0.717, 1.165) is 4.90 Å². The fourth-order valence-corrected chi connectivity index (χ4v) is 1.63. The van der Waals surface area contributed by atoms with Gasteiger partial charge in [-0.2, -0.15) is 0 Å². The highest BCUT2D eigenvalue weighted by atomic mass is 16.5. The molecule has 6 heteroatoms. The average Bonchev–Trinajstić information content (AvgIpc) is 2.71. The summed E-state index contributed by atoms with van der Waals surface area (Å²) in [5.41, 5.74) is 0.976. The van der Waals surface area contributed by atoms with Crippen LogP contribution in [0.15, 0.2) is 36.4 Å². The normalized spacial score (nSPS) is 13.8. The van der Waals surface area contributed by atoms with Gasteiger partial charge in [0.25, 0.3) is 11.8 Å². The van der Waals surface area contributed by atoms with E-state index in [4.69, 9.17) is 4.74 Å². The molecule has 0 unspecified atom stereocenters. The molecule has 1 aliphatic rings. The number of carbonyl (C=O) groups excluding carboxylic acids is 3. The van der Waals surface area contributed by atoms with E-state index >= 15 is 0 Å². The van der Waals surface area contributed by atoms with Crippen LogP contribution in [-0.2, 0) is 14.3 Å². The number of nitrogens with zero attached hydrogens (tertiary/aromatic N) is 1. The van der Waals surface area contributed by atoms with Crippen molar-refractivity contribution in [3.05, 3.63) is 36.4 Å². The fraction of sp³-hybridized carbons (Fsp3) is 0.154. The summed E-state index contributed by atoms with van der Waals surface area (Å²) in [4.78, 5) is 35.2. The van der Waals surface area contributed by atoms with Gasteiger partial charge in [-0.25, -0.2) is 9.69 Å². The number of benzene rings is 1. The van der Waals surface area contributed by atoms with Gasteiger partial charge in [0.2, 0.25) is 0 Å². The first-order valence-corrected chi connectivity index (χ1v) is 5.72. The van der Waals surface area contributed by atoms with Crippen molar-refractivity contribution < 1.29 is 19.1 Å². The van der Waals surface area contributed by atoms with Crippen molar-refractivity contribution in [2.45, 2.75) is 6.92 Å². The SMILES string of the molecule is CCOC(=O)Nc1ccc(N2C(=O)C=CC2=O)cc1. The van der Waals surface area contributed by atoms with Crippen LogP contribution in [0.2, 0.25) is 0 Å². The Morgan fingerprint density at radius 3 is 2.26 bits per heavy atom. The second-order valence-electron chi connectivity index (χ2n) is 3.74. The molecule has 1 aromatic carbocycles. The van der Waals surface area contributed by atoms with Gasteiger partial charge >= 0.3 is 6.09 Å². The minimum atomic E-state index is -0.551. The second kappa shape index (κ2) is 5.34. The standard InChI is InChI=1S/C13H12N2O4/c1-2-19-13(18)14-9-3-5-10(6-4-9)15-11(16)7-8-12(15)17/h3-8H,2H2,1H3,(H,14,18). The summed E-state index contributed by atoms with van der Waals surface area (Å²) in [6.45, 7) is 1.99. The average molecular weight is 260 g/mol. The van der Waals surface area contributed by atoms with Crippen LogP contribution in [0.4, 0.5) is 16.2 Å². The third-order valence-electron chi connectivity index (χ3n) is 2.46. The number of hydrogen-bond donors (Lipinski definition) is 1. The number of anilines is 2. The van der Waals surface area contributed by atoms with Gasteiger partial charge in [0, 0.05) is 17.8 Å². The van der Waals surface area contributed by atoms with Crippen molar-refractivity contribution in [1.82, 2.24) is 0 Å². The summed E-state index contributed by atoms with van der Waals surface area (Å²) >= 11 is 0. The van der Waals surface area contributed by atoms with Gasteiger partial charge in [-0.3, -0.25) is 14.9 Å². The fourth-order valence-electron chi connectivity index (χ4n) is 1.63. The molecule has 0 fully saturated rings. The maximum absolute atomic E-state index is 11.5. The van der Waals surface area contributed by atoms with Gasteiger partial charge in [-0.15, -0.1) is 0 Å². The van der Waals surface area contributed by atoms with E-state index in [1.54, 1.807) is 31.2 Å². The van der Waals surface area contributed by atoms with Gasteiger partial charge < -0.3 is 4.74 Å². The molecule has 6 nitrogen and oxygen atoms in total. The van der Waals surface area contributed by atoms with Crippen molar-refractivity contribution in [3.63, 3.8) is 0 Å². The Kier molecular flexibility index (Phi) is 3.61. The molecule has 0 bridgehead atoms. The molecule has 1 aromatic rings. The zero-order chi connectivity index (χ0) is 13.8. The maximum atomic E-state index is 11.5. The van der Waals surface area contributed by atoms with E-state index < -0.39 is 6.09 Å². The zero-order valence-corrected chi connectivity index (χ0v) is 10.3. The number of ether oxygens (including phenoxy) is 1. The summed E-state index contributed by atoms with van der Waals surface area (Å²) in [7, 11) is 0. The molecule has 98 valence electrons. The Hall–Kier alpha value is -2.63. The third kappa shape index (κ3) is 2.79. The highest BCUT2D eigenvalue weighted by Gasteiger charge is 2.24. The molecule has 0 aliphatic carbocycles. The summed E-state index contributed by atoms with van der Waals surface area (Å²) in [6.07, 6.45) is 1.88. The van der Waals surface area contributed by atoms with Gasteiger partial charge in [-0.1, -0.05) is 0 Å². The van der Waals surface area contributed by atoms with E-state index in [-0.39, 0.29) is 18.4 Å². The third-order valence-corrected chi connectivity index (χ3v) is 2.46. The lowest BCUT2D eigenvalue weighted by Gasteiger charge is -2.14. The quantitative estimate of drug-likeness (QED) is 0.839. The van der Waals surface area contributed by atoms with Gasteiger partial charge in [0.05, 0.1) is 12.3 Å². The highest BCUT2D eigenvalue weighted by Crippen LogP contribution is 2.21. The van der Waals surface area contributed by atoms with Crippen LogP contribution in [0.5, 0.6) is 0 Å². The molecule has 0 spiro atoms. The molecule has 0 atom stereocenters. The molecule has 3 amide bonds. The van der Waals surface area contributed by atoms with E-state index in [9.17, 15) is 14.4 Å². The monoisotopic (exact) mass is 260 g/mol. The van der Waals surface area contributed by atoms with Gasteiger partial charge in [0.15, 0.2) is 0 Å². The zero-order valence-electron chi connectivity index (χ0n) is 10.3. The number of imide groups is 1. The lowest BCUT2D eigenvalue weighted by molar-refractivity contribution is -0.119. The van der Waals surface area contributed by atoms with Crippen molar-refractivity contribution in [1.29, 1.82) is 0 Å². The Morgan fingerprint density at radius 1 is 1.16 bits per heavy atom. The first-order chi connectivity index (χ1) is 9.11. The van der Waals surface area contributed by atoms with E-state index in [1.807, 2.05) is 0 Å². The van der Waals surface area contributed by atoms with Crippen LogP contribution in [0.1, 0.15) is 6.92 Å². The van der Waals surface area contributed by atoms with Crippen LogP contribution >= 0.6 is 0 Å². The molecule has 0 aromatic heterocycles. The first kappa shape index (κ1) is 12.8. The van der Waals surface area contributed by atoms with Crippen molar-refractivity contribution in [2.24, 2.45) is 0 Å². The lowest BCUT2D eigenvalue weighted by Crippen LogP contribution is -2.29. The second-order valence-corrected chi connectivity index (χ2v) is 3.74. The number of amides is 3. The first-order valence-electron chi connectivity index (χ1n) is 5.72. The predicted molar refractivity (Wildman–Crippen MR) is 68.7 cm³/mol. The maximum Gasteiger partial charge on any atom is 0.411 e. The highest BCUT2D eigenvalue weighted by molar-refractivity contribution is 6.28. The number of rotatable bonds is 3. The molecule has 0 saturated heterocycles. The molecule has 0 saturated carbocycles. The minimum Gasteiger partial charge on any atom is -0.450 e. The molecule has 1 N–H and O–H groups in total. The predicted octanol–water partition coefficient (Wildman–Crippen LogP) is 1.68. The van der Waals surface area contributed by atoms with E-state index in [2.05, 4.69) is 5.32 Å². The van der Waals surface area contributed by atoms with Crippen LogP contribution in [0, 0.1) is 0 Å². The Bertz CT molecular complexity index is 530. The molecule has 19 heavy (non-hydrogen) atoms. The molecule has 1 heterocycles. The van der Waals surface area contributed by atoms with E-state index in [0.29, 0.717) is 11.4 Å².